The zero-order valence-electron chi connectivity index (χ0n) is 23.4. The van der Waals surface area contributed by atoms with Crippen molar-refractivity contribution in [2.75, 3.05) is 5.32 Å². The van der Waals surface area contributed by atoms with E-state index in [4.69, 9.17) is 0 Å². The predicted molar refractivity (Wildman–Crippen MR) is 190 cm³/mol. The summed E-state index contributed by atoms with van der Waals surface area (Å²) in [5, 5.41) is 29.1. The molecule has 9 rings (SSSR count). The number of rotatable bonds is 3. The van der Waals surface area contributed by atoms with Crippen LogP contribution in [0.1, 0.15) is 5.56 Å². The fraction of sp³-hybridized carbons (Fsp3) is 0. The van der Waals surface area contributed by atoms with Crippen LogP contribution in [0.5, 0.6) is 0 Å². The summed E-state index contributed by atoms with van der Waals surface area (Å²) in [5.74, 6) is -1.22. The average molecular weight is 633 g/mol. The second-order valence-corrected chi connectivity index (χ2v) is 14.3. The van der Waals surface area contributed by atoms with Gasteiger partial charge in [0.25, 0.3) is 0 Å². The first-order chi connectivity index (χ1) is 22.0. The lowest BCUT2D eigenvalue weighted by Gasteiger charge is -2.21. The number of aliphatic carboxylic acids is 1. The SMILES string of the molecule is N#C/C(=C\c1ccc2cc3sc4c5cc6cc(-c7ccc8c(c7)Sc7ccccc7N8)ccc6cc5sc4c3cc2c1)C(=O)O. The molecule has 0 fully saturated rings. The summed E-state index contributed by atoms with van der Waals surface area (Å²) in [6.07, 6.45) is 1.42. The third kappa shape index (κ3) is 4.30. The topological polar surface area (TPSA) is 73.1 Å². The van der Waals surface area contributed by atoms with Crippen molar-refractivity contribution in [3.63, 3.8) is 0 Å². The molecule has 0 bridgehead atoms. The molecular weight excluding hydrogens is 613 g/mol. The van der Waals surface area contributed by atoms with E-state index in [1.165, 1.54) is 67.3 Å². The molecule has 8 aromatic rings. The Hall–Kier alpha value is -5.13. The van der Waals surface area contributed by atoms with Crippen LogP contribution in [0.2, 0.25) is 0 Å². The number of fused-ring (bicyclic) bond motifs is 9. The molecule has 0 radical (unpaired) electrons. The number of carboxylic acids is 1. The first-order valence-corrected chi connectivity index (χ1v) is 16.8. The van der Waals surface area contributed by atoms with E-state index < -0.39 is 5.97 Å². The Kier molecular flexibility index (Phi) is 5.81. The van der Waals surface area contributed by atoms with Gasteiger partial charge in [-0.15, -0.1) is 22.7 Å². The van der Waals surface area contributed by atoms with Crippen LogP contribution >= 0.6 is 34.4 Å². The quantitative estimate of drug-likeness (QED) is 0.150. The summed E-state index contributed by atoms with van der Waals surface area (Å²) in [6, 6.07) is 38.5. The third-order valence-electron chi connectivity index (χ3n) is 8.37. The van der Waals surface area contributed by atoms with Crippen LogP contribution in [0.4, 0.5) is 11.4 Å². The van der Waals surface area contributed by atoms with Crippen LogP contribution in [-0.4, -0.2) is 11.1 Å². The number of carbonyl (C=O) groups is 1. The van der Waals surface area contributed by atoms with Crippen molar-refractivity contribution in [1.29, 1.82) is 5.26 Å². The van der Waals surface area contributed by atoms with Crippen molar-refractivity contribution < 1.29 is 9.90 Å². The average Bonchev–Trinajstić information content (AvgIpc) is 3.58. The number of anilines is 2. The summed E-state index contributed by atoms with van der Waals surface area (Å²) in [4.78, 5) is 13.8. The summed E-state index contributed by atoms with van der Waals surface area (Å²) < 4.78 is 5.06. The van der Waals surface area contributed by atoms with E-state index in [9.17, 15) is 15.2 Å². The number of thiophene rings is 2. The Balaban J connectivity index is 1.14. The maximum atomic E-state index is 11.3. The highest BCUT2D eigenvalue weighted by molar-refractivity contribution is 7.99. The van der Waals surface area contributed by atoms with Crippen LogP contribution < -0.4 is 5.32 Å². The first kappa shape index (κ1) is 26.3. The minimum atomic E-state index is -1.22. The van der Waals surface area contributed by atoms with Gasteiger partial charge in [0.15, 0.2) is 0 Å². The molecule has 1 aliphatic heterocycles. The molecule has 3 heterocycles. The highest BCUT2D eigenvalue weighted by Gasteiger charge is 2.17. The Morgan fingerprint density at radius 1 is 0.689 bits per heavy atom. The van der Waals surface area contributed by atoms with Gasteiger partial charge >= 0.3 is 5.97 Å². The van der Waals surface area contributed by atoms with E-state index in [0.29, 0.717) is 5.56 Å². The standard InChI is InChI=1S/C38H20N2O2S3/c39-19-27(38(41)42)12-20-5-6-23-16-33-28(14-25(23)11-20)36-37(44-33)29-15-26-13-21(7-8-24(26)17-34(29)45-36)22-9-10-31-35(18-22)43-32-4-2-1-3-30(32)40-31/h1-18,40H,(H,41,42)/b27-12+. The molecule has 0 unspecified atom stereocenters. The van der Waals surface area contributed by atoms with Gasteiger partial charge in [-0.3, -0.25) is 0 Å². The van der Waals surface area contributed by atoms with Crippen molar-refractivity contribution in [1.82, 2.24) is 0 Å². The second-order valence-electron chi connectivity index (χ2n) is 11.1. The van der Waals surface area contributed by atoms with Crippen LogP contribution in [0.15, 0.2) is 118 Å². The maximum absolute atomic E-state index is 11.3. The maximum Gasteiger partial charge on any atom is 0.346 e. The lowest BCUT2D eigenvalue weighted by molar-refractivity contribution is -0.132. The Morgan fingerprint density at radius 3 is 2.07 bits per heavy atom. The molecule has 0 saturated heterocycles. The molecule has 2 aromatic heterocycles. The molecule has 212 valence electrons. The molecule has 4 nitrogen and oxygen atoms in total. The molecule has 1 aliphatic rings. The second kappa shape index (κ2) is 9.94. The van der Waals surface area contributed by atoms with Gasteiger partial charge in [0.05, 0.1) is 20.8 Å². The predicted octanol–water partition coefficient (Wildman–Crippen LogP) is 11.4. The van der Waals surface area contributed by atoms with E-state index in [1.54, 1.807) is 6.07 Å². The number of nitrogens with zero attached hydrogens (tertiary/aromatic N) is 1. The number of benzene rings is 6. The summed E-state index contributed by atoms with van der Waals surface area (Å²) in [6.45, 7) is 0. The zero-order chi connectivity index (χ0) is 30.2. The highest BCUT2D eigenvalue weighted by Crippen LogP contribution is 2.48. The van der Waals surface area contributed by atoms with Crippen molar-refractivity contribution >= 4 is 109 Å². The van der Waals surface area contributed by atoms with Gasteiger partial charge < -0.3 is 10.4 Å². The molecule has 6 aromatic carbocycles. The fourth-order valence-electron chi connectivity index (χ4n) is 6.15. The zero-order valence-corrected chi connectivity index (χ0v) is 25.9. The molecule has 0 amide bonds. The highest BCUT2D eigenvalue weighted by atomic mass is 32.2. The minimum absolute atomic E-state index is 0.277. The summed E-state index contributed by atoms with van der Waals surface area (Å²) >= 11 is 5.45. The molecular formula is C38H20N2O2S3. The molecule has 0 spiro atoms. The Labute approximate surface area is 269 Å². The summed E-state index contributed by atoms with van der Waals surface area (Å²) in [7, 11) is 0. The van der Waals surface area contributed by atoms with E-state index in [2.05, 4.69) is 90.2 Å². The van der Waals surface area contributed by atoms with E-state index >= 15 is 0 Å². The van der Waals surface area contributed by atoms with Crippen LogP contribution in [0.3, 0.4) is 0 Å². The van der Waals surface area contributed by atoms with Crippen molar-refractivity contribution in [2.45, 2.75) is 9.79 Å². The molecule has 0 aliphatic carbocycles. The van der Waals surface area contributed by atoms with Gasteiger partial charge in [-0.1, -0.05) is 54.2 Å². The lowest BCUT2D eigenvalue weighted by Crippen LogP contribution is -1.99. The number of para-hydroxylation sites is 1. The van der Waals surface area contributed by atoms with E-state index in [1.807, 2.05) is 52.6 Å². The van der Waals surface area contributed by atoms with Gasteiger partial charge in [0.2, 0.25) is 0 Å². The van der Waals surface area contributed by atoms with E-state index in [-0.39, 0.29) is 5.57 Å². The fourth-order valence-corrected chi connectivity index (χ4v) is 9.88. The molecule has 45 heavy (non-hydrogen) atoms. The minimum Gasteiger partial charge on any atom is -0.477 e. The number of carboxylic acid groups (broad SMARTS) is 1. The van der Waals surface area contributed by atoms with Gasteiger partial charge in [0, 0.05) is 30.0 Å². The number of nitriles is 1. The smallest absolute Gasteiger partial charge is 0.346 e. The normalized spacial score (nSPS) is 12.8. The van der Waals surface area contributed by atoms with Gasteiger partial charge in [0.1, 0.15) is 11.6 Å². The van der Waals surface area contributed by atoms with Crippen molar-refractivity contribution in [3.05, 3.63) is 114 Å². The third-order valence-corrected chi connectivity index (χ3v) is 12.0. The molecule has 2 N–H and O–H groups in total. The number of hydrogen-bond acceptors (Lipinski definition) is 6. The number of hydrogen-bond donors (Lipinski definition) is 2. The Morgan fingerprint density at radius 2 is 1.33 bits per heavy atom. The van der Waals surface area contributed by atoms with Crippen LogP contribution in [-0.2, 0) is 4.79 Å². The monoisotopic (exact) mass is 632 g/mol. The van der Waals surface area contributed by atoms with Gasteiger partial charge in [-0.2, -0.15) is 5.26 Å². The molecule has 0 atom stereocenters. The molecule has 0 saturated carbocycles. The Bertz CT molecular complexity index is 2660. The van der Waals surface area contributed by atoms with Crippen molar-refractivity contribution in [3.8, 4) is 17.2 Å². The van der Waals surface area contributed by atoms with Crippen LogP contribution in [0.25, 0.3) is 68.3 Å². The van der Waals surface area contributed by atoms with Gasteiger partial charge in [-0.25, -0.2) is 4.79 Å². The number of nitrogens with one attached hydrogen (secondary N) is 1. The van der Waals surface area contributed by atoms with Crippen molar-refractivity contribution in [2.24, 2.45) is 0 Å². The van der Waals surface area contributed by atoms with Crippen LogP contribution in [0, 0.1) is 11.3 Å². The van der Waals surface area contributed by atoms with Gasteiger partial charge in [-0.05, 0) is 105 Å². The first-order valence-electron chi connectivity index (χ1n) is 14.3. The lowest BCUT2D eigenvalue weighted by atomic mass is 10.00. The summed E-state index contributed by atoms with van der Waals surface area (Å²) in [5.41, 5.74) is 5.12. The largest absolute Gasteiger partial charge is 0.477 e. The van der Waals surface area contributed by atoms with E-state index in [0.717, 1.165) is 22.1 Å². The molecule has 7 heteroatoms.